The van der Waals surface area contributed by atoms with E-state index in [1.54, 1.807) is 13.8 Å². The van der Waals surface area contributed by atoms with Gasteiger partial charge in [-0.3, -0.25) is 9.59 Å². The van der Waals surface area contributed by atoms with E-state index < -0.39 is 53.4 Å². The van der Waals surface area contributed by atoms with Gasteiger partial charge >= 0.3 is 0 Å². The Labute approximate surface area is 173 Å². The average Bonchev–Trinajstić information content (AvgIpc) is 2.70. The van der Waals surface area contributed by atoms with E-state index in [-0.39, 0.29) is 16.8 Å². The Morgan fingerprint density at radius 3 is 2.58 bits per heavy atom. The standard InChI is InChI=1S/C20H17F4N5O2/c1-10(2)17-15(11-4-3-5-12(21)6-11)16(18(23)24)20(31)29(28-17)8-14(30)27-19-13(22)7-25-9-26-19/h3-7,9-10,18H,8H2,1-2H3,(H,25,26,27,30). The topological polar surface area (TPSA) is 89.8 Å². The fraction of sp³-hybridized carbons (Fsp3) is 0.250. The van der Waals surface area contributed by atoms with Crippen LogP contribution in [0.3, 0.4) is 0 Å². The minimum absolute atomic E-state index is 0.0725. The minimum Gasteiger partial charge on any atom is -0.307 e. The van der Waals surface area contributed by atoms with Crippen molar-refractivity contribution in [2.75, 3.05) is 5.32 Å². The van der Waals surface area contributed by atoms with Gasteiger partial charge < -0.3 is 5.32 Å². The van der Waals surface area contributed by atoms with Crippen LogP contribution in [0.25, 0.3) is 11.1 Å². The highest BCUT2D eigenvalue weighted by Crippen LogP contribution is 2.34. The number of nitrogens with one attached hydrogen (secondary N) is 1. The normalized spacial score (nSPS) is 11.2. The van der Waals surface area contributed by atoms with Crippen molar-refractivity contribution >= 4 is 11.7 Å². The van der Waals surface area contributed by atoms with Crippen LogP contribution in [0.15, 0.2) is 41.6 Å². The third-order valence-electron chi connectivity index (χ3n) is 4.32. The number of carbonyl (C=O) groups is 1. The number of carbonyl (C=O) groups excluding carboxylic acids is 1. The maximum absolute atomic E-state index is 13.9. The summed E-state index contributed by atoms with van der Waals surface area (Å²) in [7, 11) is 0. The third kappa shape index (κ3) is 4.76. The van der Waals surface area contributed by atoms with E-state index in [0.717, 1.165) is 24.7 Å². The van der Waals surface area contributed by atoms with Gasteiger partial charge in [0.15, 0.2) is 11.6 Å². The van der Waals surface area contributed by atoms with Gasteiger partial charge in [0.1, 0.15) is 18.7 Å². The van der Waals surface area contributed by atoms with E-state index in [0.29, 0.717) is 4.68 Å². The van der Waals surface area contributed by atoms with E-state index in [2.05, 4.69) is 20.4 Å². The number of amides is 1. The van der Waals surface area contributed by atoms with Crippen LogP contribution in [0.1, 0.15) is 37.4 Å². The molecule has 0 unspecified atom stereocenters. The summed E-state index contributed by atoms with van der Waals surface area (Å²) < 4.78 is 55.8. The van der Waals surface area contributed by atoms with Gasteiger partial charge in [-0.2, -0.15) is 5.10 Å². The summed E-state index contributed by atoms with van der Waals surface area (Å²) in [5.41, 5.74) is -2.12. The Bertz CT molecular complexity index is 1180. The molecule has 0 saturated carbocycles. The SMILES string of the molecule is CC(C)c1nn(CC(=O)Nc2ncncc2F)c(=O)c(C(F)F)c1-c1cccc(F)c1. The van der Waals surface area contributed by atoms with E-state index in [4.69, 9.17) is 0 Å². The van der Waals surface area contributed by atoms with Crippen LogP contribution in [-0.2, 0) is 11.3 Å². The van der Waals surface area contributed by atoms with Crippen molar-refractivity contribution in [3.8, 4) is 11.1 Å². The van der Waals surface area contributed by atoms with Gasteiger partial charge in [0, 0.05) is 5.56 Å². The first-order chi connectivity index (χ1) is 14.7. The Kier molecular flexibility index (Phi) is 6.42. The van der Waals surface area contributed by atoms with Crippen molar-refractivity contribution in [2.24, 2.45) is 0 Å². The molecule has 0 atom stereocenters. The smallest absolute Gasteiger partial charge is 0.276 e. The Morgan fingerprint density at radius 2 is 1.97 bits per heavy atom. The zero-order valence-electron chi connectivity index (χ0n) is 16.4. The molecule has 7 nitrogen and oxygen atoms in total. The first-order valence-electron chi connectivity index (χ1n) is 9.13. The van der Waals surface area contributed by atoms with E-state index in [1.165, 1.54) is 12.1 Å². The molecule has 3 aromatic rings. The number of rotatable bonds is 6. The molecule has 0 spiro atoms. The maximum Gasteiger partial charge on any atom is 0.276 e. The monoisotopic (exact) mass is 435 g/mol. The summed E-state index contributed by atoms with van der Waals surface area (Å²) in [6, 6.07) is 4.90. The summed E-state index contributed by atoms with van der Waals surface area (Å²) in [4.78, 5) is 32.0. The second-order valence-electron chi connectivity index (χ2n) is 6.87. The lowest BCUT2D eigenvalue weighted by atomic mass is 9.94. The van der Waals surface area contributed by atoms with Crippen LogP contribution in [0.2, 0.25) is 0 Å². The summed E-state index contributed by atoms with van der Waals surface area (Å²) in [6.45, 7) is 2.56. The predicted octanol–water partition coefficient (Wildman–Crippen LogP) is 3.68. The van der Waals surface area contributed by atoms with Gasteiger partial charge in [-0.05, 0) is 23.6 Å². The molecule has 1 N–H and O–H groups in total. The first-order valence-corrected chi connectivity index (χ1v) is 9.13. The fourth-order valence-corrected chi connectivity index (χ4v) is 2.98. The molecule has 0 saturated heterocycles. The van der Waals surface area contributed by atoms with Crippen LogP contribution in [0.5, 0.6) is 0 Å². The summed E-state index contributed by atoms with van der Waals surface area (Å²) in [5, 5.41) is 6.22. The molecule has 1 aromatic carbocycles. The Morgan fingerprint density at radius 1 is 1.23 bits per heavy atom. The van der Waals surface area contributed by atoms with Gasteiger partial charge in [0.25, 0.3) is 12.0 Å². The van der Waals surface area contributed by atoms with E-state index in [1.807, 2.05) is 0 Å². The molecule has 2 aromatic heterocycles. The lowest BCUT2D eigenvalue weighted by molar-refractivity contribution is -0.117. The quantitative estimate of drug-likeness (QED) is 0.597. The summed E-state index contributed by atoms with van der Waals surface area (Å²) in [6.07, 6.45) is -1.38. The molecule has 0 fully saturated rings. The molecular weight excluding hydrogens is 418 g/mol. The van der Waals surface area contributed by atoms with Crippen LogP contribution >= 0.6 is 0 Å². The van der Waals surface area contributed by atoms with Crippen LogP contribution in [-0.4, -0.2) is 25.7 Å². The first kappa shape index (κ1) is 22.1. The second kappa shape index (κ2) is 9.02. The van der Waals surface area contributed by atoms with E-state index in [9.17, 15) is 27.2 Å². The van der Waals surface area contributed by atoms with Crippen molar-refractivity contribution in [3.63, 3.8) is 0 Å². The molecule has 31 heavy (non-hydrogen) atoms. The molecule has 162 valence electrons. The van der Waals surface area contributed by atoms with Crippen LogP contribution in [0, 0.1) is 11.6 Å². The Balaban J connectivity index is 2.09. The molecule has 0 aliphatic heterocycles. The number of alkyl halides is 2. The van der Waals surface area contributed by atoms with Gasteiger partial charge in [0.2, 0.25) is 5.91 Å². The zero-order chi connectivity index (χ0) is 22.7. The molecule has 2 heterocycles. The molecule has 0 aliphatic carbocycles. The molecule has 0 bridgehead atoms. The van der Waals surface area contributed by atoms with Crippen molar-refractivity contribution in [1.82, 2.24) is 19.7 Å². The molecule has 11 heteroatoms. The minimum atomic E-state index is -3.21. The second-order valence-corrected chi connectivity index (χ2v) is 6.87. The molecule has 0 aliphatic rings. The van der Waals surface area contributed by atoms with Gasteiger partial charge in [-0.1, -0.05) is 26.0 Å². The van der Waals surface area contributed by atoms with Gasteiger partial charge in [-0.25, -0.2) is 32.2 Å². The van der Waals surface area contributed by atoms with Crippen molar-refractivity contribution in [1.29, 1.82) is 0 Å². The van der Waals surface area contributed by atoms with Crippen LogP contribution < -0.4 is 10.9 Å². The number of anilines is 1. The fourth-order valence-electron chi connectivity index (χ4n) is 2.98. The van der Waals surface area contributed by atoms with Crippen molar-refractivity contribution in [2.45, 2.75) is 32.7 Å². The lowest BCUT2D eigenvalue weighted by Gasteiger charge is -2.18. The molecular formula is C20H17F4N5O2. The zero-order valence-corrected chi connectivity index (χ0v) is 16.4. The average molecular weight is 435 g/mol. The number of nitrogens with zero attached hydrogens (tertiary/aromatic N) is 4. The predicted molar refractivity (Wildman–Crippen MR) is 104 cm³/mol. The number of hydrogen-bond acceptors (Lipinski definition) is 5. The van der Waals surface area contributed by atoms with Crippen molar-refractivity contribution in [3.05, 3.63) is 70.0 Å². The largest absolute Gasteiger partial charge is 0.307 e. The summed E-state index contributed by atoms with van der Waals surface area (Å²) >= 11 is 0. The highest BCUT2D eigenvalue weighted by atomic mass is 19.3. The Hall–Kier alpha value is -3.63. The van der Waals surface area contributed by atoms with E-state index >= 15 is 0 Å². The molecule has 3 rings (SSSR count). The highest BCUT2D eigenvalue weighted by molar-refractivity contribution is 5.89. The number of aromatic nitrogens is 4. The number of benzene rings is 1. The van der Waals surface area contributed by atoms with Crippen LogP contribution in [0.4, 0.5) is 23.4 Å². The molecule has 1 amide bonds. The summed E-state index contributed by atoms with van der Waals surface area (Å²) in [5.74, 6) is -3.34. The molecule has 0 radical (unpaired) electrons. The number of halogens is 4. The highest BCUT2D eigenvalue weighted by Gasteiger charge is 2.27. The third-order valence-corrected chi connectivity index (χ3v) is 4.32. The van der Waals surface area contributed by atoms with Gasteiger partial charge in [-0.15, -0.1) is 0 Å². The lowest BCUT2D eigenvalue weighted by Crippen LogP contribution is -2.34. The van der Waals surface area contributed by atoms with Crippen molar-refractivity contribution < 1.29 is 22.4 Å². The maximum atomic E-state index is 13.9. The number of hydrogen-bond donors (Lipinski definition) is 1. The van der Waals surface area contributed by atoms with Gasteiger partial charge in [0.05, 0.1) is 17.5 Å².